The summed E-state index contributed by atoms with van der Waals surface area (Å²) in [7, 11) is -3.43. The van der Waals surface area contributed by atoms with Gasteiger partial charge >= 0.3 is 0 Å². The van der Waals surface area contributed by atoms with Gasteiger partial charge in [0, 0.05) is 32.4 Å². The van der Waals surface area contributed by atoms with Crippen molar-refractivity contribution in [1.82, 2.24) is 14.4 Å². The molecular formula is C17H22N4O2S. The summed E-state index contributed by atoms with van der Waals surface area (Å²) in [6.07, 6.45) is 2.74. The van der Waals surface area contributed by atoms with E-state index in [1.54, 1.807) is 13.1 Å². The van der Waals surface area contributed by atoms with Crippen LogP contribution < -0.4 is 14.3 Å². The van der Waals surface area contributed by atoms with Crippen molar-refractivity contribution in [3.63, 3.8) is 0 Å². The van der Waals surface area contributed by atoms with Gasteiger partial charge in [-0.1, -0.05) is 37.3 Å². The Kier molecular flexibility index (Phi) is 5.13. The van der Waals surface area contributed by atoms with E-state index in [1.807, 2.05) is 12.1 Å². The molecule has 0 saturated heterocycles. The monoisotopic (exact) mass is 346 g/mol. The molecule has 128 valence electrons. The van der Waals surface area contributed by atoms with Crippen LogP contribution in [0.3, 0.4) is 0 Å². The molecule has 1 aliphatic heterocycles. The molecule has 1 aliphatic rings. The van der Waals surface area contributed by atoms with Crippen molar-refractivity contribution in [2.45, 2.75) is 26.4 Å². The van der Waals surface area contributed by atoms with Crippen LogP contribution in [0.2, 0.25) is 0 Å². The third-order valence-corrected chi connectivity index (χ3v) is 5.26. The van der Waals surface area contributed by atoms with Crippen LogP contribution >= 0.6 is 0 Å². The Balaban J connectivity index is 1.63. The van der Waals surface area contributed by atoms with Gasteiger partial charge in [0.25, 0.3) is 10.2 Å². The Labute approximate surface area is 143 Å². The highest BCUT2D eigenvalue weighted by atomic mass is 32.2. The molecule has 0 saturated carbocycles. The van der Waals surface area contributed by atoms with E-state index >= 15 is 0 Å². The highest BCUT2D eigenvalue weighted by molar-refractivity contribution is 7.87. The van der Waals surface area contributed by atoms with Crippen LogP contribution in [0.15, 0.2) is 42.6 Å². The van der Waals surface area contributed by atoms with Crippen LogP contribution in [0, 0.1) is 0 Å². The number of fused-ring (bicyclic) bond motifs is 1. The molecule has 1 aromatic carbocycles. The smallest absolute Gasteiger partial charge is 0.277 e. The largest absolute Gasteiger partial charge is 0.352 e. The summed E-state index contributed by atoms with van der Waals surface area (Å²) in [5.41, 5.74) is 3.58. The maximum Gasteiger partial charge on any atom is 0.277 e. The van der Waals surface area contributed by atoms with Gasteiger partial charge in [-0.05, 0) is 29.2 Å². The predicted molar refractivity (Wildman–Crippen MR) is 94.9 cm³/mol. The van der Waals surface area contributed by atoms with Crippen LogP contribution in [0.1, 0.15) is 23.6 Å². The second kappa shape index (κ2) is 7.29. The number of aromatic nitrogens is 1. The van der Waals surface area contributed by atoms with E-state index in [9.17, 15) is 8.42 Å². The fourth-order valence-electron chi connectivity index (χ4n) is 2.82. The van der Waals surface area contributed by atoms with E-state index in [4.69, 9.17) is 0 Å². The second-order valence-electron chi connectivity index (χ2n) is 5.79. The summed E-state index contributed by atoms with van der Waals surface area (Å²) in [6, 6.07) is 12.3. The lowest BCUT2D eigenvalue weighted by Gasteiger charge is -2.29. The Bertz CT molecular complexity index is 790. The number of nitrogens with zero attached hydrogens (tertiary/aromatic N) is 2. The predicted octanol–water partition coefficient (Wildman–Crippen LogP) is 1.59. The molecule has 0 unspecified atom stereocenters. The number of pyridine rings is 1. The van der Waals surface area contributed by atoms with E-state index in [2.05, 4.69) is 43.6 Å². The lowest BCUT2D eigenvalue weighted by Crippen LogP contribution is -2.35. The summed E-state index contributed by atoms with van der Waals surface area (Å²) in [4.78, 5) is 6.74. The molecule has 7 heteroatoms. The van der Waals surface area contributed by atoms with Crippen LogP contribution in [0.25, 0.3) is 0 Å². The second-order valence-corrected chi connectivity index (χ2v) is 7.37. The maximum absolute atomic E-state index is 11.6. The van der Waals surface area contributed by atoms with Crippen molar-refractivity contribution in [3.8, 4) is 0 Å². The van der Waals surface area contributed by atoms with Crippen LogP contribution in [0.5, 0.6) is 0 Å². The number of nitrogens with one attached hydrogen (secondary N) is 2. The van der Waals surface area contributed by atoms with Gasteiger partial charge in [-0.15, -0.1) is 0 Å². The first-order valence-electron chi connectivity index (χ1n) is 8.08. The van der Waals surface area contributed by atoms with Crippen molar-refractivity contribution in [3.05, 3.63) is 59.3 Å². The van der Waals surface area contributed by atoms with Gasteiger partial charge < -0.3 is 4.90 Å². The van der Waals surface area contributed by atoms with Gasteiger partial charge in [0.2, 0.25) is 0 Å². The average molecular weight is 346 g/mol. The SMILES string of the molecule is CCNS(=O)(=O)NCc1ccc(N2CCc3ccccc3C2)nc1. The molecule has 0 radical (unpaired) electrons. The van der Waals surface area contributed by atoms with Crippen molar-refractivity contribution >= 4 is 16.0 Å². The minimum atomic E-state index is -3.43. The zero-order valence-electron chi connectivity index (χ0n) is 13.7. The zero-order chi connectivity index (χ0) is 17.0. The summed E-state index contributed by atoms with van der Waals surface area (Å²) >= 11 is 0. The van der Waals surface area contributed by atoms with Crippen LogP contribution in [-0.4, -0.2) is 26.5 Å². The molecule has 0 fully saturated rings. The highest BCUT2D eigenvalue weighted by Gasteiger charge is 2.16. The molecule has 2 N–H and O–H groups in total. The summed E-state index contributed by atoms with van der Waals surface area (Å²) in [6.45, 7) is 4.13. The lowest BCUT2D eigenvalue weighted by atomic mass is 10.00. The van der Waals surface area contributed by atoms with Gasteiger partial charge in [-0.3, -0.25) is 0 Å². The first-order chi connectivity index (χ1) is 11.6. The van der Waals surface area contributed by atoms with E-state index in [0.29, 0.717) is 6.54 Å². The third-order valence-electron chi connectivity index (χ3n) is 4.06. The Hall–Kier alpha value is -1.96. The molecule has 2 heterocycles. The fraction of sp³-hybridized carbons (Fsp3) is 0.353. The van der Waals surface area contributed by atoms with E-state index in [0.717, 1.165) is 30.9 Å². The summed E-state index contributed by atoms with van der Waals surface area (Å²) in [5, 5.41) is 0. The van der Waals surface area contributed by atoms with E-state index in [-0.39, 0.29) is 6.54 Å². The third kappa shape index (κ3) is 4.11. The van der Waals surface area contributed by atoms with Gasteiger partial charge in [-0.25, -0.2) is 9.71 Å². The molecule has 3 rings (SSSR count). The number of rotatable bonds is 6. The number of benzene rings is 1. The van der Waals surface area contributed by atoms with Crippen molar-refractivity contribution < 1.29 is 8.42 Å². The van der Waals surface area contributed by atoms with Gasteiger partial charge in [0.05, 0.1) is 0 Å². The molecule has 24 heavy (non-hydrogen) atoms. The molecule has 0 aliphatic carbocycles. The van der Waals surface area contributed by atoms with Crippen molar-refractivity contribution in [1.29, 1.82) is 0 Å². The molecule has 0 spiro atoms. The van der Waals surface area contributed by atoms with E-state index in [1.165, 1.54) is 11.1 Å². The summed E-state index contributed by atoms with van der Waals surface area (Å²) < 4.78 is 28.1. The Morgan fingerprint density at radius 3 is 2.62 bits per heavy atom. The van der Waals surface area contributed by atoms with Gasteiger partial charge in [0.1, 0.15) is 5.82 Å². The summed E-state index contributed by atoms with van der Waals surface area (Å²) in [5.74, 6) is 0.919. The van der Waals surface area contributed by atoms with Crippen molar-refractivity contribution in [2.24, 2.45) is 0 Å². The lowest BCUT2D eigenvalue weighted by molar-refractivity contribution is 0.568. The molecule has 6 nitrogen and oxygen atoms in total. The minimum Gasteiger partial charge on any atom is -0.352 e. The number of anilines is 1. The molecule has 0 bridgehead atoms. The van der Waals surface area contributed by atoms with Crippen molar-refractivity contribution in [2.75, 3.05) is 18.0 Å². The van der Waals surface area contributed by atoms with Gasteiger partial charge in [0.15, 0.2) is 0 Å². The quantitative estimate of drug-likeness (QED) is 0.833. The van der Waals surface area contributed by atoms with Gasteiger partial charge in [-0.2, -0.15) is 13.1 Å². The Morgan fingerprint density at radius 2 is 1.92 bits per heavy atom. The zero-order valence-corrected chi connectivity index (χ0v) is 14.5. The first kappa shape index (κ1) is 16.9. The molecular weight excluding hydrogens is 324 g/mol. The number of hydrogen-bond acceptors (Lipinski definition) is 4. The van der Waals surface area contributed by atoms with Crippen LogP contribution in [0.4, 0.5) is 5.82 Å². The molecule has 2 aromatic rings. The first-order valence-corrected chi connectivity index (χ1v) is 9.56. The highest BCUT2D eigenvalue weighted by Crippen LogP contribution is 2.22. The molecule has 0 amide bonds. The van der Waals surface area contributed by atoms with Crippen LogP contribution in [-0.2, 0) is 29.7 Å². The topological polar surface area (TPSA) is 74.3 Å². The fourth-order valence-corrected chi connectivity index (χ4v) is 3.66. The molecule has 0 atom stereocenters. The van der Waals surface area contributed by atoms with E-state index < -0.39 is 10.2 Å². The Morgan fingerprint density at radius 1 is 1.12 bits per heavy atom. The number of hydrogen-bond donors (Lipinski definition) is 2. The average Bonchev–Trinajstić information content (AvgIpc) is 2.60. The molecule has 1 aromatic heterocycles. The minimum absolute atomic E-state index is 0.228. The maximum atomic E-state index is 11.6. The normalized spacial score (nSPS) is 14.5. The standard InChI is InChI=1S/C17H22N4O2S/c1-2-19-24(22,23)20-12-14-7-8-17(18-11-14)21-10-9-15-5-3-4-6-16(15)13-21/h3-8,11,19-20H,2,9-10,12-13H2,1H3.